The first-order chi connectivity index (χ1) is 7.95. The van der Waals surface area contributed by atoms with E-state index in [4.69, 9.17) is 21.4 Å². The maximum absolute atomic E-state index is 10.9. The molecular formula is C12H15ClO4. The van der Waals surface area contributed by atoms with Crippen molar-refractivity contribution in [1.29, 1.82) is 0 Å². The minimum atomic E-state index is -1.03. The van der Waals surface area contributed by atoms with E-state index < -0.39 is 18.2 Å². The van der Waals surface area contributed by atoms with Gasteiger partial charge in [0, 0.05) is 10.6 Å². The second-order valence-corrected chi connectivity index (χ2v) is 4.15. The van der Waals surface area contributed by atoms with Crippen LogP contribution in [0.3, 0.4) is 0 Å². The number of hydrogen-bond donors (Lipinski definition) is 2. The van der Waals surface area contributed by atoms with Gasteiger partial charge in [-0.05, 0) is 31.5 Å². The van der Waals surface area contributed by atoms with E-state index in [-0.39, 0.29) is 0 Å². The van der Waals surface area contributed by atoms with Gasteiger partial charge in [-0.1, -0.05) is 18.5 Å². The first-order valence-corrected chi connectivity index (χ1v) is 5.70. The molecule has 4 nitrogen and oxygen atoms in total. The Morgan fingerprint density at radius 3 is 2.65 bits per heavy atom. The predicted octanol–water partition coefficient (Wildman–Crippen LogP) is 2.64. The SMILES string of the molecule is CCC(Oc1ccc(Cl)cc1C(C)O)C(=O)O. The number of carboxylic acids is 1. The zero-order valence-corrected chi connectivity index (χ0v) is 10.4. The zero-order valence-electron chi connectivity index (χ0n) is 9.68. The first-order valence-electron chi connectivity index (χ1n) is 5.32. The van der Waals surface area contributed by atoms with Crippen molar-refractivity contribution in [2.24, 2.45) is 0 Å². The van der Waals surface area contributed by atoms with Gasteiger partial charge in [-0.2, -0.15) is 0 Å². The van der Waals surface area contributed by atoms with Gasteiger partial charge < -0.3 is 14.9 Å². The summed E-state index contributed by atoms with van der Waals surface area (Å²) >= 11 is 5.81. The van der Waals surface area contributed by atoms with Crippen LogP contribution in [-0.4, -0.2) is 22.3 Å². The topological polar surface area (TPSA) is 66.8 Å². The zero-order chi connectivity index (χ0) is 13.0. The summed E-state index contributed by atoms with van der Waals surface area (Å²) < 4.78 is 5.35. The lowest BCUT2D eigenvalue weighted by Crippen LogP contribution is -2.26. The van der Waals surface area contributed by atoms with Crippen LogP contribution in [-0.2, 0) is 4.79 Å². The van der Waals surface area contributed by atoms with Crippen LogP contribution in [0.4, 0.5) is 0 Å². The summed E-state index contributed by atoms with van der Waals surface area (Å²) in [6.45, 7) is 3.29. The highest BCUT2D eigenvalue weighted by Crippen LogP contribution is 2.29. The molecule has 0 saturated heterocycles. The molecule has 17 heavy (non-hydrogen) atoms. The molecule has 0 bridgehead atoms. The van der Waals surface area contributed by atoms with Crippen molar-refractivity contribution in [2.45, 2.75) is 32.5 Å². The van der Waals surface area contributed by atoms with Crippen molar-refractivity contribution in [3.05, 3.63) is 28.8 Å². The highest BCUT2D eigenvalue weighted by atomic mass is 35.5. The summed E-state index contributed by atoms with van der Waals surface area (Å²) in [5.41, 5.74) is 0.484. The number of aliphatic carboxylic acids is 1. The molecule has 94 valence electrons. The minimum absolute atomic E-state index is 0.344. The Bertz CT molecular complexity index is 403. The van der Waals surface area contributed by atoms with Crippen LogP contribution in [0.1, 0.15) is 31.9 Å². The van der Waals surface area contributed by atoms with Gasteiger partial charge >= 0.3 is 5.97 Å². The molecule has 0 fully saturated rings. The number of rotatable bonds is 5. The Kier molecular flexibility index (Phi) is 4.78. The fourth-order valence-corrected chi connectivity index (χ4v) is 1.60. The number of ether oxygens (including phenoxy) is 1. The fourth-order valence-electron chi connectivity index (χ4n) is 1.41. The number of carboxylic acid groups (broad SMARTS) is 1. The molecule has 1 aromatic rings. The lowest BCUT2D eigenvalue weighted by molar-refractivity contribution is -0.145. The lowest BCUT2D eigenvalue weighted by atomic mass is 10.1. The first kappa shape index (κ1) is 13.8. The highest BCUT2D eigenvalue weighted by Gasteiger charge is 2.19. The molecular weight excluding hydrogens is 244 g/mol. The number of benzene rings is 1. The van der Waals surface area contributed by atoms with Crippen LogP contribution in [0.5, 0.6) is 5.75 Å². The average molecular weight is 259 g/mol. The summed E-state index contributed by atoms with van der Waals surface area (Å²) in [6.07, 6.45) is -1.35. The molecule has 0 aliphatic rings. The number of carbonyl (C=O) groups is 1. The van der Waals surface area contributed by atoms with E-state index in [2.05, 4.69) is 0 Å². The quantitative estimate of drug-likeness (QED) is 0.852. The molecule has 1 aromatic carbocycles. The predicted molar refractivity (Wildman–Crippen MR) is 64.4 cm³/mol. The molecule has 2 unspecified atom stereocenters. The number of hydrogen-bond acceptors (Lipinski definition) is 3. The average Bonchev–Trinajstić information content (AvgIpc) is 2.26. The molecule has 5 heteroatoms. The third-order valence-corrected chi connectivity index (χ3v) is 2.57. The summed E-state index contributed by atoms with van der Waals surface area (Å²) in [4.78, 5) is 10.9. The lowest BCUT2D eigenvalue weighted by Gasteiger charge is -2.17. The standard InChI is InChI=1S/C12H15ClO4/c1-3-10(12(15)16)17-11-5-4-8(13)6-9(11)7(2)14/h4-7,10,14H,3H2,1-2H3,(H,15,16). The van der Waals surface area contributed by atoms with Crippen LogP contribution in [0, 0.1) is 0 Å². The van der Waals surface area contributed by atoms with Gasteiger partial charge in [0.05, 0.1) is 6.10 Å². The van der Waals surface area contributed by atoms with Gasteiger partial charge in [0.2, 0.25) is 0 Å². The van der Waals surface area contributed by atoms with Crippen LogP contribution >= 0.6 is 11.6 Å². The minimum Gasteiger partial charge on any atom is -0.479 e. The largest absolute Gasteiger partial charge is 0.479 e. The second kappa shape index (κ2) is 5.89. The van der Waals surface area contributed by atoms with E-state index in [9.17, 15) is 9.90 Å². The third kappa shape index (κ3) is 3.61. The number of aliphatic hydroxyl groups is 1. The van der Waals surface area contributed by atoms with Crippen molar-refractivity contribution >= 4 is 17.6 Å². The van der Waals surface area contributed by atoms with E-state index in [1.165, 1.54) is 0 Å². The van der Waals surface area contributed by atoms with E-state index in [1.54, 1.807) is 32.0 Å². The van der Waals surface area contributed by atoms with Gasteiger partial charge in [-0.15, -0.1) is 0 Å². The molecule has 0 heterocycles. The van der Waals surface area contributed by atoms with Gasteiger partial charge in [0.15, 0.2) is 6.10 Å². The molecule has 1 rings (SSSR count). The third-order valence-electron chi connectivity index (χ3n) is 2.34. The number of halogens is 1. The van der Waals surface area contributed by atoms with Crippen LogP contribution in [0.15, 0.2) is 18.2 Å². The summed E-state index contributed by atoms with van der Waals surface area (Å²) in [5, 5.41) is 18.9. The van der Waals surface area contributed by atoms with Gasteiger partial charge in [0.25, 0.3) is 0 Å². The smallest absolute Gasteiger partial charge is 0.344 e. The van der Waals surface area contributed by atoms with Crippen molar-refractivity contribution in [1.82, 2.24) is 0 Å². The second-order valence-electron chi connectivity index (χ2n) is 3.71. The van der Waals surface area contributed by atoms with E-state index >= 15 is 0 Å². The number of aliphatic hydroxyl groups excluding tert-OH is 1. The molecule has 0 aromatic heterocycles. The maximum Gasteiger partial charge on any atom is 0.344 e. The van der Waals surface area contributed by atoms with Gasteiger partial charge in [0.1, 0.15) is 5.75 Å². The van der Waals surface area contributed by atoms with Crippen molar-refractivity contribution in [3.63, 3.8) is 0 Å². The van der Waals surface area contributed by atoms with E-state index in [0.29, 0.717) is 22.8 Å². The maximum atomic E-state index is 10.9. The molecule has 0 aliphatic heterocycles. The Morgan fingerprint density at radius 2 is 2.18 bits per heavy atom. The highest BCUT2D eigenvalue weighted by molar-refractivity contribution is 6.30. The van der Waals surface area contributed by atoms with E-state index in [1.807, 2.05) is 0 Å². The Labute approximate surface area is 105 Å². The summed E-state index contributed by atoms with van der Waals surface area (Å²) in [5.74, 6) is -0.683. The normalized spacial score (nSPS) is 14.1. The van der Waals surface area contributed by atoms with E-state index in [0.717, 1.165) is 0 Å². The van der Waals surface area contributed by atoms with Crippen LogP contribution in [0.25, 0.3) is 0 Å². The van der Waals surface area contributed by atoms with Crippen molar-refractivity contribution in [3.8, 4) is 5.75 Å². The molecule has 0 amide bonds. The van der Waals surface area contributed by atoms with Gasteiger partial charge in [-0.25, -0.2) is 4.79 Å². The molecule has 0 saturated carbocycles. The summed E-state index contributed by atoms with van der Waals surface area (Å²) in [7, 11) is 0. The molecule has 2 atom stereocenters. The van der Waals surface area contributed by atoms with Gasteiger partial charge in [-0.3, -0.25) is 0 Å². The Hall–Kier alpha value is -1.26. The summed E-state index contributed by atoms with van der Waals surface area (Å²) in [6, 6.07) is 4.73. The molecule has 2 N–H and O–H groups in total. The Balaban J connectivity index is 3.01. The molecule has 0 radical (unpaired) electrons. The van der Waals surface area contributed by atoms with Crippen LogP contribution < -0.4 is 4.74 Å². The molecule has 0 aliphatic carbocycles. The fraction of sp³-hybridized carbons (Fsp3) is 0.417. The van der Waals surface area contributed by atoms with Crippen molar-refractivity contribution in [2.75, 3.05) is 0 Å². The van der Waals surface area contributed by atoms with Crippen molar-refractivity contribution < 1.29 is 19.7 Å². The monoisotopic (exact) mass is 258 g/mol. The molecule has 0 spiro atoms. The van der Waals surface area contributed by atoms with Crippen LogP contribution in [0.2, 0.25) is 5.02 Å². The Morgan fingerprint density at radius 1 is 1.53 bits per heavy atom.